The lowest BCUT2D eigenvalue weighted by atomic mass is 9.57. The number of aliphatic hydroxyl groups excluding tert-OH is 2. The fourth-order valence-electron chi connectivity index (χ4n) is 4.70. The standard InChI is InChI=1S/C19H19ClO6/c1-7-5-9-12(11(22)6-7)14-16(23)8-3-2-4-10(21)13(8)17(24)19(14,26)18(25)15(9)20/h2-4,7,14-15,17-18,21,24-26H,5-6H2,1H3. The van der Waals surface area contributed by atoms with Crippen LogP contribution in [0.1, 0.15) is 41.8 Å². The third kappa shape index (κ3) is 2.04. The van der Waals surface area contributed by atoms with Gasteiger partial charge in [-0.1, -0.05) is 19.1 Å². The van der Waals surface area contributed by atoms with Crippen molar-refractivity contribution in [1.29, 1.82) is 0 Å². The zero-order chi connectivity index (χ0) is 19.0. The molecule has 4 N–H and O–H groups in total. The first-order chi connectivity index (χ1) is 12.2. The third-order valence-electron chi connectivity index (χ3n) is 5.91. The lowest BCUT2D eigenvalue weighted by molar-refractivity contribution is -0.173. The minimum absolute atomic E-state index is 0.0147. The smallest absolute Gasteiger partial charge is 0.174 e. The van der Waals surface area contributed by atoms with E-state index in [0.717, 1.165) is 0 Å². The van der Waals surface area contributed by atoms with E-state index >= 15 is 0 Å². The first-order valence-corrected chi connectivity index (χ1v) is 8.98. The van der Waals surface area contributed by atoms with Crippen molar-refractivity contribution in [3.05, 3.63) is 40.5 Å². The second kappa shape index (κ2) is 5.63. The Morgan fingerprint density at radius 1 is 1.19 bits per heavy atom. The average molecular weight is 379 g/mol. The van der Waals surface area contributed by atoms with Gasteiger partial charge in [-0.05, 0) is 24.0 Å². The van der Waals surface area contributed by atoms with Crippen LogP contribution in [-0.4, -0.2) is 49.1 Å². The van der Waals surface area contributed by atoms with Crippen molar-refractivity contribution in [1.82, 2.24) is 0 Å². The van der Waals surface area contributed by atoms with Crippen LogP contribution in [0, 0.1) is 11.8 Å². The molecule has 0 aromatic heterocycles. The molecule has 1 aromatic carbocycles. The predicted molar refractivity (Wildman–Crippen MR) is 91.9 cm³/mol. The summed E-state index contributed by atoms with van der Waals surface area (Å²) in [5.41, 5.74) is -1.94. The Kier molecular flexibility index (Phi) is 3.83. The number of hydrogen-bond donors (Lipinski definition) is 4. The molecule has 0 aliphatic heterocycles. The summed E-state index contributed by atoms with van der Waals surface area (Å²) in [6.07, 6.45) is -2.78. The molecule has 1 aromatic rings. The highest BCUT2D eigenvalue weighted by Crippen LogP contribution is 2.55. The van der Waals surface area contributed by atoms with E-state index in [2.05, 4.69) is 0 Å². The van der Waals surface area contributed by atoms with Crippen molar-refractivity contribution in [2.24, 2.45) is 11.8 Å². The highest BCUT2D eigenvalue weighted by atomic mass is 35.5. The number of benzene rings is 1. The summed E-state index contributed by atoms with van der Waals surface area (Å²) >= 11 is 6.36. The zero-order valence-electron chi connectivity index (χ0n) is 14.0. The zero-order valence-corrected chi connectivity index (χ0v) is 14.8. The molecule has 0 saturated carbocycles. The molecule has 3 aliphatic rings. The molecule has 0 fully saturated rings. The van der Waals surface area contributed by atoms with Crippen LogP contribution in [0.4, 0.5) is 0 Å². The monoisotopic (exact) mass is 378 g/mol. The number of phenolic OH excluding ortho intramolecular Hbond substituents is 1. The number of phenols is 1. The number of ketones is 2. The number of rotatable bonds is 0. The van der Waals surface area contributed by atoms with E-state index in [1.807, 2.05) is 6.92 Å². The van der Waals surface area contributed by atoms with Gasteiger partial charge in [0.2, 0.25) is 0 Å². The first-order valence-electron chi connectivity index (χ1n) is 8.54. The molecule has 6 unspecified atom stereocenters. The van der Waals surface area contributed by atoms with Gasteiger partial charge in [0.25, 0.3) is 0 Å². The molecule has 26 heavy (non-hydrogen) atoms. The van der Waals surface area contributed by atoms with Crippen LogP contribution in [0.15, 0.2) is 29.3 Å². The molecule has 0 bridgehead atoms. The van der Waals surface area contributed by atoms with Crippen molar-refractivity contribution < 1.29 is 30.0 Å². The maximum atomic E-state index is 13.2. The van der Waals surface area contributed by atoms with E-state index in [-0.39, 0.29) is 40.6 Å². The lowest BCUT2D eigenvalue weighted by Crippen LogP contribution is -2.65. The maximum Gasteiger partial charge on any atom is 0.174 e. The number of hydrogen-bond acceptors (Lipinski definition) is 6. The van der Waals surface area contributed by atoms with Gasteiger partial charge in [0, 0.05) is 23.1 Å². The van der Waals surface area contributed by atoms with Gasteiger partial charge < -0.3 is 20.4 Å². The van der Waals surface area contributed by atoms with Crippen molar-refractivity contribution in [2.45, 2.75) is 43.0 Å². The molecule has 6 atom stereocenters. The number of carbonyl (C=O) groups is 2. The summed E-state index contributed by atoms with van der Waals surface area (Å²) in [6.45, 7) is 1.88. The third-order valence-corrected chi connectivity index (χ3v) is 6.41. The van der Waals surface area contributed by atoms with E-state index in [0.29, 0.717) is 12.0 Å². The molecule has 0 heterocycles. The summed E-state index contributed by atoms with van der Waals surface area (Å²) < 4.78 is 0. The molecule has 0 radical (unpaired) electrons. The van der Waals surface area contributed by atoms with Crippen LogP contribution < -0.4 is 0 Å². The number of alkyl halides is 1. The number of aliphatic hydroxyl groups is 3. The summed E-state index contributed by atoms with van der Waals surface area (Å²) in [6, 6.07) is 4.16. The number of Topliss-reactive ketones (excluding diaryl/α,β-unsaturated/α-hetero) is 2. The van der Waals surface area contributed by atoms with Gasteiger partial charge >= 0.3 is 0 Å². The number of halogens is 1. The molecule has 3 aliphatic carbocycles. The van der Waals surface area contributed by atoms with Crippen molar-refractivity contribution in [3.8, 4) is 5.75 Å². The summed E-state index contributed by atoms with van der Waals surface area (Å²) in [4.78, 5) is 25.9. The van der Waals surface area contributed by atoms with E-state index in [1.54, 1.807) is 0 Å². The Morgan fingerprint density at radius 2 is 1.88 bits per heavy atom. The molecule has 138 valence electrons. The van der Waals surface area contributed by atoms with E-state index < -0.39 is 34.9 Å². The lowest BCUT2D eigenvalue weighted by Gasteiger charge is -2.52. The van der Waals surface area contributed by atoms with Crippen LogP contribution in [0.3, 0.4) is 0 Å². The Bertz CT molecular complexity index is 862. The van der Waals surface area contributed by atoms with Gasteiger partial charge in [0.15, 0.2) is 11.6 Å². The fourth-order valence-corrected chi connectivity index (χ4v) is 5.11. The molecular formula is C19H19ClO6. The average Bonchev–Trinajstić information content (AvgIpc) is 2.58. The minimum Gasteiger partial charge on any atom is -0.508 e. The number of aromatic hydroxyl groups is 1. The number of carbonyl (C=O) groups excluding carboxylic acids is 2. The quantitative estimate of drug-likeness (QED) is 0.505. The summed E-state index contributed by atoms with van der Waals surface area (Å²) in [5.74, 6) is -2.67. The van der Waals surface area contributed by atoms with E-state index in [1.165, 1.54) is 18.2 Å². The first kappa shape index (κ1) is 17.7. The van der Waals surface area contributed by atoms with E-state index in [4.69, 9.17) is 11.6 Å². The van der Waals surface area contributed by atoms with Gasteiger partial charge in [-0.25, -0.2) is 0 Å². The van der Waals surface area contributed by atoms with Crippen LogP contribution in [-0.2, 0) is 4.79 Å². The van der Waals surface area contributed by atoms with Gasteiger partial charge in [0.1, 0.15) is 23.6 Å². The largest absolute Gasteiger partial charge is 0.508 e. The highest BCUT2D eigenvalue weighted by Gasteiger charge is 2.64. The molecule has 7 heteroatoms. The Morgan fingerprint density at radius 3 is 2.58 bits per heavy atom. The van der Waals surface area contributed by atoms with Crippen LogP contribution in [0.5, 0.6) is 5.75 Å². The molecular weight excluding hydrogens is 360 g/mol. The van der Waals surface area contributed by atoms with Gasteiger partial charge in [-0.15, -0.1) is 11.6 Å². The molecule has 0 saturated heterocycles. The Labute approximate surface area is 154 Å². The molecule has 4 rings (SSSR count). The van der Waals surface area contributed by atoms with Crippen LogP contribution >= 0.6 is 11.6 Å². The van der Waals surface area contributed by atoms with Crippen molar-refractivity contribution >= 4 is 23.2 Å². The SMILES string of the molecule is CC1CC(=O)C2=C(C1)C(Cl)C(O)C1(O)C2C(=O)c2cccc(O)c2C1O. The van der Waals surface area contributed by atoms with Crippen molar-refractivity contribution in [3.63, 3.8) is 0 Å². The molecule has 6 nitrogen and oxygen atoms in total. The second-order valence-electron chi connectivity index (χ2n) is 7.55. The Hall–Kier alpha value is -1.73. The van der Waals surface area contributed by atoms with Crippen LogP contribution in [0.25, 0.3) is 0 Å². The minimum atomic E-state index is -2.38. The maximum absolute atomic E-state index is 13.2. The molecule has 0 amide bonds. The number of fused-ring (bicyclic) bond motifs is 3. The van der Waals surface area contributed by atoms with Gasteiger partial charge in [-0.2, -0.15) is 0 Å². The summed E-state index contributed by atoms with van der Waals surface area (Å²) in [5, 5.41) is 41.8. The van der Waals surface area contributed by atoms with E-state index in [9.17, 15) is 30.0 Å². The second-order valence-corrected chi connectivity index (χ2v) is 8.02. The van der Waals surface area contributed by atoms with Crippen LogP contribution in [0.2, 0.25) is 0 Å². The van der Waals surface area contributed by atoms with Gasteiger partial charge in [-0.3, -0.25) is 9.59 Å². The normalized spacial score (nSPS) is 39.3. The topological polar surface area (TPSA) is 115 Å². The van der Waals surface area contributed by atoms with Gasteiger partial charge in [0.05, 0.1) is 11.3 Å². The summed E-state index contributed by atoms with van der Waals surface area (Å²) in [7, 11) is 0. The Balaban J connectivity index is 2.01. The molecule has 0 spiro atoms. The van der Waals surface area contributed by atoms with Crippen molar-refractivity contribution in [2.75, 3.05) is 0 Å². The predicted octanol–water partition coefficient (Wildman–Crippen LogP) is 1.25. The highest BCUT2D eigenvalue weighted by molar-refractivity contribution is 6.24. The fraction of sp³-hybridized carbons (Fsp3) is 0.474.